The van der Waals surface area contributed by atoms with Gasteiger partial charge in [-0.3, -0.25) is 9.36 Å². The third-order valence-electron chi connectivity index (χ3n) is 5.54. The Balaban J connectivity index is 1.60. The van der Waals surface area contributed by atoms with Crippen LogP contribution in [0.4, 0.5) is 4.39 Å². The highest BCUT2D eigenvalue weighted by Gasteiger charge is 2.25. The number of carbonyl (C=O) groups excluding carboxylic acids is 1. The van der Waals surface area contributed by atoms with E-state index in [0.717, 1.165) is 43.0 Å². The number of rotatable bonds is 6. The van der Waals surface area contributed by atoms with Crippen LogP contribution in [0.2, 0.25) is 0 Å². The minimum absolute atomic E-state index is 0.144. The van der Waals surface area contributed by atoms with Crippen LogP contribution >= 0.6 is 11.8 Å². The van der Waals surface area contributed by atoms with Crippen LogP contribution in [-0.2, 0) is 11.2 Å². The summed E-state index contributed by atoms with van der Waals surface area (Å²) in [7, 11) is 0. The van der Waals surface area contributed by atoms with E-state index >= 15 is 0 Å². The van der Waals surface area contributed by atoms with Crippen LogP contribution in [0, 0.1) is 5.82 Å². The maximum Gasteiger partial charge on any atom is 0.235 e. The lowest BCUT2D eigenvalue weighted by Gasteiger charge is -2.23. The van der Waals surface area contributed by atoms with Gasteiger partial charge in [0, 0.05) is 25.2 Å². The first-order valence-electron chi connectivity index (χ1n) is 10.8. The number of nitrogens with zero attached hydrogens (tertiary/aromatic N) is 4. The third-order valence-corrected chi connectivity index (χ3v) is 6.57. The summed E-state index contributed by atoms with van der Waals surface area (Å²) >= 11 is 1.41. The van der Waals surface area contributed by atoms with E-state index in [2.05, 4.69) is 10.2 Å². The molecule has 1 aromatic heterocycles. The average Bonchev–Trinajstić information content (AvgIpc) is 2.99. The predicted octanol–water partition coefficient (Wildman–Crippen LogP) is 4.88. The molecule has 0 bridgehead atoms. The second-order valence-electron chi connectivity index (χ2n) is 7.87. The number of benzene rings is 2. The molecule has 0 spiro atoms. The quantitative estimate of drug-likeness (QED) is 0.515. The summed E-state index contributed by atoms with van der Waals surface area (Å²) in [6.07, 6.45) is 5.10. The summed E-state index contributed by atoms with van der Waals surface area (Å²) in [5, 5.41) is 9.21. The number of hydrogen-bond acceptors (Lipinski definition) is 4. The normalized spacial score (nSPS) is 15.5. The van der Waals surface area contributed by atoms with E-state index in [1.165, 1.54) is 36.7 Å². The van der Waals surface area contributed by atoms with Crippen LogP contribution in [0.25, 0.3) is 5.69 Å². The van der Waals surface area contributed by atoms with Crippen molar-refractivity contribution >= 4 is 17.7 Å². The molecule has 1 aliphatic heterocycles. The monoisotopic (exact) mass is 438 g/mol. The molecule has 2 heterocycles. The average molecular weight is 439 g/mol. The van der Waals surface area contributed by atoms with Gasteiger partial charge in [0.15, 0.2) is 5.16 Å². The van der Waals surface area contributed by atoms with Crippen LogP contribution < -0.4 is 0 Å². The van der Waals surface area contributed by atoms with Gasteiger partial charge in [-0.25, -0.2) is 4.39 Å². The molecule has 1 saturated heterocycles. The maximum absolute atomic E-state index is 13.5. The Morgan fingerprint density at radius 2 is 1.68 bits per heavy atom. The first kappa shape index (κ1) is 21.6. The zero-order valence-electron chi connectivity index (χ0n) is 17.7. The zero-order valence-corrected chi connectivity index (χ0v) is 18.5. The second-order valence-corrected chi connectivity index (χ2v) is 9.18. The van der Waals surface area contributed by atoms with E-state index in [4.69, 9.17) is 0 Å². The van der Waals surface area contributed by atoms with Crippen molar-refractivity contribution < 1.29 is 9.18 Å². The van der Waals surface area contributed by atoms with Crippen LogP contribution in [0.15, 0.2) is 59.8 Å². The van der Waals surface area contributed by atoms with Crippen molar-refractivity contribution in [1.82, 2.24) is 19.7 Å². The standard InChI is InChI=1S/C24H27FN4OS/c1-18(23(30)28-15-7-2-3-8-16-28)31-24-27-26-22(17-19-9-5-4-6-10-19)29(24)21-13-11-20(25)12-14-21/h4-6,9-14,18H,2-3,7-8,15-17H2,1H3. The van der Waals surface area contributed by atoms with E-state index in [-0.39, 0.29) is 17.0 Å². The number of hydrogen-bond donors (Lipinski definition) is 0. The van der Waals surface area contributed by atoms with Gasteiger partial charge in [-0.2, -0.15) is 0 Å². The van der Waals surface area contributed by atoms with Crippen molar-refractivity contribution in [3.63, 3.8) is 0 Å². The van der Waals surface area contributed by atoms with Gasteiger partial charge in [-0.15, -0.1) is 10.2 Å². The molecule has 5 nitrogen and oxygen atoms in total. The number of amides is 1. The fourth-order valence-corrected chi connectivity index (χ4v) is 4.85. The topological polar surface area (TPSA) is 51.0 Å². The summed E-state index contributed by atoms with van der Waals surface area (Å²) in [6.45, 7) is 3.58. The number of aromatic nitrogens is 3. The van der Waals surface area contributed by atoms with Gasteiger partial charge in [0.25, 0.3) is 0 Å². The third kappa shape index (κ3) is 5.34. The Labute approximate surface area is 186 Å². The molecule has 31 heavy (non-hydrogen) atoms. The molecule has 1 atom stereocenters. The van der Waals surface area contributed by atoms with E-state index in [1.54, 1.807) is 12.1 Å². The van der Waals surface area contributed by atoms with Gasteiger partial charge in [-0.05, 0) is 49.6 Å². The minimum atomic E-state index is -0.291. The van der Waals surface area contributed by atoms with Crippen molar-refractivity contribution in [2.75, 3.05) is 13.1 Å². The molecule has 0 radical (unpaired) electrons. The Kier molecular flexibility index (Phi) is 7.02. The molecule has 1 unspecified atom stereocenters. The summed E-state index contributed by atoms with van der Waals surface area (Å²) < 4.78 is 15.5. The summed E-state index contributed by atoms with van der Waals surface area (Å²) in [6, 6.07) is 16.4. The lowest BCUT2D eigenvalue weighted by atomic mass is 10.1. The zero-order chi connectivity index (χ0) is 21.6. The number of thioether (sulfide) groups is 1. The summed E-state index contributed by atoms with van der Waals surface area (Å²) in [5.41, 5.74) is 1.90. The molecule has 4 rings (SSSR count). The lowest BCUT2D eigenvalue weighted by molar-refractivity contribution is -0.130. The van der Waals surface area contributed by atoms with Gasteiger partial charge in [-0.1, -0.05) is 54.9 Å². The highest BCUT2D eigenvalue weighted by atomic mass is 32.2. The van der Waals surface area contributed by atoms with Gasteiger partial charge < -0.3 is 4.90 Å². The SMILES string of the molecule is CC(Sc1nnc(Cc2ccccc2)n1-c1ccc(F)cc1)C(=O)N1CCCCCC1. The van der Waals surface area contributed by atoms with Crippen LogP contribution in [0.5, 0.6) is 0 Å². The number of halogens is 1. The largest absolute Gasteiger partial charge is 0.342 e. The minimum Gasteiger partial charge on any atom is -0.342 e. The fourth-order valence-electron chi connectivity index (χ4n) is 3.88. The van der Waals surface area contributed by atoms with Crippen LogP contribution in [0.1, 0.15) is 44.0 Å². The molecule has 0 N–H and O–H groups in total. The van der Waals surface area contributed by atoms with Gasteiger partial charge in [0.05, 0.1) is 5.25 Å². The first-order chi connectivity index (χ1) is 15.1. The predicted molar refractivity (Wildman–Crippen MR) is 121 cm³/mol. The molecule has 162 valence electrons. The number of carbonyl (C=O) groups is 1. The molecule has 1 amide bonds. The van der Waals surface area contributed by atoms with Gasteiger partial charge in [0.1, 0.15) is 11.6 Å². The molecule has 0 saturated carbocycles. The highest BCUT2D eigenvalue weighted by Crippen LogP contribution is 2.28. The fraction of sp³-hybridized carbons (Fsp3) is 0.375. The lowest BCUT2D eigenvalue weighted by Crippen LogP contribution is -2.37. The van der Waals surface area contributed by atoms with Crippen molar-refractivity contribution in [1.29, 1.82) is 0 Å². The molecule has 7 heteroatoms. The Morgan fingerprint density at radius 1 is 1.00 bits per heavy atom. The smallest absolute Gasteiger partial charge is 0.235 e. The molecule has 1 fully saturated rings. The molecular formula is C24H27FN4OS. The highest BCUT2D eigenvalue weighted by molar-refractivity contribution is 8.00. The Hall–Kier alpha value is -2.67. The first-order valence-corrected chi connectivity index (χ1v) is 11.7. The van der Waals surface area contributed by atoms with Crippen molar-refractivity contribution in [2.24, 2.45) is 0 Å². The van der Waals surface area contributed by atoms with E-state index in [9.17, 15) is 9.18 Å². The summed E-state index contributed by atoms with van der Waals surface area (Å²) in [4.78, 5) is 15.0. The van der Waals surface area contributed by atoms with Crippen LogP contribution in [0.3, 0.4) is 0 Å². The second kappa shape index (κ2) is 10.1. The Morgan fingerprint density at radius 3 is 2.35 bits per heavy atom. The Bertz CT molecular complexity index is 998. The molecule has 1 aliphatic rings. The number of likely N-dealkylation sites (tertiary alicyclic amines) is 1. The van der Waals surface area contributed by atoms with Crippen LogP contribution in [-0.4, -0.2) is 43.9 Å². The van der Waals surface area contributed by atoms with E-state index in [1.807, 2.05) is 46.7 Å². The van der Waals surface area contributed by atoms with Crippen molar-refractivity contribution in [3.05, 3.63) is 71.8 Å². The van der Waals surface area contributed by atoms with Crippen molar-refractivity contribution in [2.45, 2.75) is 49.4 Å². The summed E-state index contributed by atoms with van der Waals surface area (Å²) in [5.74, 6) is 0.611. The molecule has 0 aliphatic carbocycles. The molecular weight excluding hydrogens is 411 g/mol. The van der Waals surface area contributed by atoms with E-state index < -0.39 is 0 Å². The van der Waals surface area contributed by atoms with Crippen molar-refractivity contribution in [3.8, 4) is 5.69 Å². The molecule has 3 aromatic rings. The van der Waals surface area contributed by atoms with Gasteiger partial charge in [0.2, 0.25) is 5.91 Å². The van der Waals surface area contributed by atoms with E-state index in [0.29, 0.717) is 11.6 Å². The maximum atomic E-state index is 13.5. The van der Waals surface area contributed by atoms with Gasteiger partial charge >= 0.3 is 0 Å². The molecule has 2 aromatic carbocycles.